The lowest BCUT2D eigenvalue weighted by Gasteiger charge is -2.08. The van der Waals surface area contributed by atoms with Gasteiger partial charge in [0.1, 0.15) is 4.83 Å². The van der Waals surface area contributed by atoms with E-state index in [-0.39, 0.29) is 23.6 Å². The van der Waals surface area contributed by atoms with E-state index in [4.69, 9.17) is 4.74 Å². The van der Waals surface area contributed by atoms with Crippen molar-refractivity contribution in [2.75, 3.05) is 12.4 Å². The van der Waals surface area contributed by atoms with Crippen LogP contribution in [0.2, 0.25) is 0 Å². The van der Waals surface area contributed by atoms with E-state index in [1.807, 2.05) is 5.38 Å². The summed E-state index contributed by atoms with van der Waals surface area (Å²) in [6.45, 7) is 0.272. The van der Waals surface area contributed by atoms with Crippen molar-refractivity contribution >= 4 is 39.0 Å². The first-order chi connectivity index (χ1) is 11.6. The molecule has 9 heteroatoms. The second-order valence-electron chi connectivity index (χ2n) is 4.82. The van der Waals surface area contributed by atoms with Crippen LogP contribution in [0.5, 0.6) is 5.75 Å². The van der Waals surface area contributed by atoms with E-state index in [1.165, 1.54) is 33.7 Å². The average molecular weight is 363 g/mol. The Morgan fingerprint density at radius 1 is 1.38 bits per heavy atom. The van der Waals surface area contributed by atoms with E-state index >= 15 is 0 Å². The van der Waals surface area contributed by atoms with Crippen LogP contribution in [0.25, 0.3) is 10.2 Å². The zero-order valence-electron chi connectivity index (χ0n) is 12.7. The smallest absolute Gasteiger partial charge is 0.310 e. The average Bonchev–Trinajstić information content (AvgIpc) is 3.04. The van der Waals surface area contributed by atoms with Gasteiger partial charge in [0, 0.05) is 18.9 Å². The van der Waals surface area contributed by atoms with Crippen molar-refractivity contribution in [2.45, 2.75) is 5.16 Å². The molecule has 0 unspecified atom stereocenters. The maximum Gasteiger partial charge on any atom is 0.310 e. The summed E-state index contributed by atoms with van der Waals surface area (Å²) in [7, 11) is 1.68. The number of hydrogen-bond acceptors (Lipinski definition) is 7. The van der Waals surface area contributed by atoms with Gasteiger partial charge in [-0.15, -0.1) is 11.3 Å². The maximum atomic E-state index is 12.2. The molecular weight excluding hydrogens is 350 g/mol. The Labute approximate surface area is 145 Å². The first kappa shape index (κ1) is 16.5. The lowest BCUT2D eigenvalue weighted by molar-refractivity contribution is -0.385. The van der Waals surface area contributed by atoms with Gasteiger partial charge in [-0.3, -0.25) is 19.5 Å². The second-order valence-corrected chi connectivity index (χ2v) is 6.78. The Bertz CT molecular complexity index is 951. The second kappa shape index (κ2) is 7.02. The molecular formula is C15H13N3O4S2. The molecule has 0 aliphatic carbocycles. The first-order valence-electron chi connectivity index (χ1n) is 7.01. The molecule has 0 fully saturated rings. The highest BCUT2D eigenvalue weighted by molar-refractivity contribution is 7.99. The topological polar surface area (TPSA) is 87.3 Å². The van der Waals surface area contributed by atoms with Crippen LogP contribution in [0.3, 0.4) is 0 Å². The van der Waals surface area contributed by atoms with Crippen LogP contribution in [-0.2, 0) is 7.05 Å². The molecule has 3 aromatic rings. The molecule has 0 bridgehead atoms. The highest BCUT2D eigenvalue weighted by Gasteiger charge is 2.14. The number of benzene rings is 1. The molecule has 1 aromatic carbocycles. The third kappa shape index (κ3) is 3.26. The summed E-state index contributed by atoms with van der Waals surface area (Å²) < 4.78 is 6.99. The predicted octanol–water partition coefficient (Wildman–Crippen LogP) is 3.07. The molecule has 0 radical (unpaired) electrons. The van der Waals surface area contributed by atoms with Gasteiger partial charge in [0.15, 0.2) is 10.9 Å². The quantitative estimate of drug-likeness (QED) is 0.220. The SMILES string of the molecule is Cn1c(SCCOc2ccccc2[N+](=O)[O-])nc2sccc2c1=O. The van der Waals surface area contributed by atoms with Gasteiger partial charge < -0.3 is 4.74 Å². The zero-order valence-corrected chi connectivity index (χ0v) is 14.3. The number of nitro benzene ring substituents is 1. The van der Waals surface area contributed by atoms with Gasteiger partial charge in [0.25, 0.3) is 5.56 Å². The van der Waals surface area contributed by atoms with E-state index in [1.54, 1.807) is 31.3 Å². The number of ether oxygens (including phenoxy) is 1. The van der Waals surface area contributed by atoms with Crippen LogP contribution < -0.4 is 10.3 Å². The summed E-state index contributed by atoms with van der Waals surface area (Å²) in [6, 6.07) is 8.01. The fourth-order valence-corrected chi connectivity index (χ4v) is 3.72. The molecule has 0 aliphatic rings. The molecule has 0 spiro atoms. The molecule has 0 amide bonds. The van der Waals surface area contributed by atoms with Gasteiger partial charge in [-0.25, -0.2) is 4.98 Å². The number of hydrogen-bond donors (Lipinski definition) is 0. The predicted molar refractivity (Wildman–Crippen MR) is 94.2 cm³/mol. The first-order valence-corrected chi connectivity index (χ1v) is 8.87. The molecule has 2 heterocycles. The Balaban J connectivity index is 1.66. The Kier molecular flexibility index (Phi) is 4.81. The third-order valence-electron chi connectivity index (χ3n) is 3.30. The minimum Gasteiger partial charge on any atom is -0.486 e. The molecule has 0 atom stereocenters. The minimum absolute atomic E-state index is 0.0620. The molecule has 2 aromatic heterocycles. The summed E-state index contributed by atoms with van der Waals surface area (Å²) in [6.07, 6.45) is 0. The van der Waals surface area contributed by atoms with E-state index in [9.17, 15) is 14.9 Å². The van der Waals surface area contributed by atoms with Gasteiger partial charge in [0.05, 0.1) is 16.9 Å². The Morgan fingerprint density at radius 2 is 2.17 bits per heavy atom. The number of thioether (sulfide) groups is 1. The molecule has 0 saturated carbocycles. The maximum absolute atomic E-state index is 12.2. The standard InChI is InChI=1S/C15H13N3O4S2/c1-17-14(19)10-6-8-23-13(10)16-15(17)24-9-7-22-12-5-3-2-4-11(12)18(20)21/h2-6,8H,7,9H2,1H3. The summed E-state index contributed by atoms with van der Waals surface area (Å²) in [4.78, 5) is 27.8. The van der Waals surface area contributed by atoms with Crippen molar-refractivity contribution in [3.8, 4) is 5.75 Å². The molecule has 3 rings (SSSR count). The molecule has 7 nitrogen and oxygen atoms in total. The molecule has 0 aliphatic heterocycles. The number of nitrogens with zero attached hydrogens (tertiary/aromatic N) is 3. The largest absolute Gasteiger partial charge is 0.486 e. The number of fused-ring (bicyclic) bond motifs is 1. The van der Waals surface area contributed by atoms with E-state index in [2.05, 4.69) is 4.98 Å². The van der Waals surface area contributed by atoms with Crippen molar-refractivity contribution in [1.29, 1.82) is 0 Å². The zero-order chi connectivity index (χ0) is 17.1. The van der Waals surface area contributed by atoms with Gasteiger partial charge >= 0.3 is 5.69 Å². The number of para-hydroxylation sites is 2. The fourth-order valence-electron chi connectivity index (χ4n) is 2.12. The normalized spacial score (nSPS) is 10.9. The number of thiophene rings is 1. The highest BCUT2D eigenvalue weighted by Crippen LogP contribution is 2.26. The molecule has 0 N–H and O–H groups in total. The Morgan fingerprint density at radius 3 is 2.96 bits per heavy atom. The third-order valence-corrected chi connectivity index (χ3v) is 5.10. The van der Waals surface area contributed by atoms with Crippen molar-refractivity contribution in [2.24, 2.45) is 7.05 Å². The van der Waals surface area contributed by atoms with Gasteiger partial charge in [0.2, 0.25) is 0 Å². The fraction of sp³-hybridized carbons (Fsp3) is 0.200. The van der Waals surface area contributed by atoms with Gasteiger partial charge in [-0.2, -0.15) is 0 Å². The van der Waals surface area contributed by atoms with E-state index in [0.29, 0.717) is 21.1 Å². The van der Waals surface area contributed by atoms with E-state index < -0.39 is 4.92 Å². The molecule has 0 saturated heterocycles. The van der Waals surface area contributed by atoms with Crippen LogP contribution in [0.4, 0.5) is 5.69 Å². The van der Waals surface area contributed by atoms with Crippen LogP contribution in [0.15, 0.2) is 45.7 Å². The monoisotopic (exact) mass is 363 g/mol. The van der Waals surface area contributed by atoms with Crippen molar-refractivity contribution in [3.05, 3.63) is 56.2 Å². The summed E-state index contributed by atoms with van der Waals surface area (Å²) >= 11 is 2.80. The lowest BCUT2D eigenvalue weighted by atomic mass is 10.3. The van der Waals surface area contributed by atoms with Crippen LogP contribution in [0, 0.1) is 10.1 Å². The van der Waals surface area contributed by atoms with E-state index in [0.717, 1.165) is 0 Å². The van der Waals surface area contributed by atoms with Crippen molar-refractivity contribution in [1.82, 2.24) is 9.55 Å². The van der Waals surface area contributed by atoms with Crippen LogP contribution in [-0.4, -0.2) is 26.8 Å². The minimum atomic E-state index is -0.474. The Hall–Kier alpha value is -2.39. The van der Waals surface area contributed by atoms with Gasteiger partial charge in [-0.1, -0.05) is 23.9 Å². The van der Waals surface area contributed by atoms with Crippen molar-refractivity contribution < 1.29 is 9.66 Å². The summed E-state index contributed by atoms with van der Waals surface area (Å²) in [5.74, 6) is 0.752. The van der Waals surface area contributed by atoms with Crippen LogP contribution in [0.1, 0.15) is 0 Å². The van der Waals surface area contributed by atoms with Crippen LogP contribution >= 0.6 is 23.1 Å². The number of rotatable bonds is 6. The summed E-state index contributed by atoms with van der Waals surface area (Å²) in [5, 5.41) is 14.0. The van der Waals surface area contributed by atoms with Crippen molar-refractivity contribution in [3.63, 3.8) is 0 Å². The highest BCUT2D eigenvalue weighted by atomic mass is 32.2. The summed E-state index contributed by atoms with van der Waals surface area (Å²) in [5.41, 5.74) is -0.142. The lowest BCUT2D eigenvalue weighted by Crippen LogP contribution is -2.19. The molecule has 24 heavy (non-hydrogen) atoms. The molecule has 124 valence electrons. The van der Waals surface area contributed by atoms with Gasteiger partial charge in [-0.05, 0) is 17.5 Å². The number of nitro groups is 1. The number of aromatic nitrogens is 2.